The predicted molar refractivity (Wildman–Crippen MR) is 24.1 cm³/mol. The van der Waals surface area contributed by atoms with Gasteiger partial charge >= 0.3 is 7.82 Å². The molecule has 0 unspecified atom stereocenters. The van der Waals surface area contributed by atoms with Crippen molar-refractivity contribution in [3.8, 4) is 0 Å². The van der Waals surface area contributed by atoms with Gasteiger partial charge in [0, 0.05) is 0 Å². The molecule has 0 saturated carbocycles. The van der Waals surface area contributed by atoms with Crippen molar-refractivity contribution in [1.82, 2.24) is 0 Å². The van der Waals surface area contributed by atoms with Crippen molar-refractivity contribution in [2.45, 2.75) is 0 Å². The molecule has 0 amide bonds. The first-order chi connectivity index (χ1) is 3.41. The van der Waals surface area contributed by atoms with E-state index < -0.39 is 20.4 Å². The zero-order valence-electron chi connectivity index (χ0n) is 3.36. The molecular formula is H3F2O4PS. The summed E-state index contributed by atoms with van der Waals surface area (Å²) in [4.78, 5) is 21.6. The summed E-state index contributed by atoms with van der Waals surface area (Å²) in [5.41, 5.74) is 0. The Hall–Kier alpha value is 0.320. The minimum atomic E-state index is -4.64. The first kappa shape index (κ1) is 11.2. The molecule has 3 N–H and O–H groups in total. The van der Waals surface area contributed by atoms with Gasteiger partial charge in [-0.3, -0.25) is 0 Å². The lowest BCUT2D eigenvalue weighted by atomic mass is 15.8. The Bertz CT molecular complexity index is 69.8. The molecule has 0 aliphatic rings. The number of hydrogen-bond acceptors (Lipinski definition) is 2. The highest BCUT2D eigenvalue weighted by Gasteiger charge is 2.00. The van der Waals surface area contributed by atoms with Gasteiger partial charge in [0.15, 0.2) is 0 Å². The molecule has 4 nitrogen and oxygen atoms in total. The summed E-state index contributed by atoms with van der Waals surface area (Å²) >= 11 is -1.25. The zero-order valence-corrected chi connectivity index (χ0v) is 5.07. The second kappa shape index (κ2) is 5.46. The van der Waals surface area contributed by atoms with E-state index in [0.717, 1.165) is 0 Å². The van der Waals surface area contributed by atoms with Gasteiger partial charge in [-0.1, -0.05) is 0 Å². The molecule has 8 heteroatoms. The van der Waals surface area contributed by atoms with E-state index in [0.29, 0.717) is 0 Å². The van der Waals surface area contributed by atoms with E-state index >= 15 is 0 Å². The van der Waals surface area contributed by atoms with Crippen LogP contribution in [0.4, 0.5) is 7.77 Å². The van der Waals surface area contributed by atoms with E-state index in [2.05, 4.69) is 0 Å². The van der Waals surface area contributed by atoms with Crippen molar-refractivity contribution in [2.75, 3.05) is 0 Å². The fourth-order valence-electron chi connectivity index (χ4n) is 0. The highest BCUT2D eigenvalue weighted by atomic mass is 32.2. The molecule has 0 aliphatic heterocycles. The highest BCUT2D eigenvalue weighted by Crippen LogP contribution is 2.25. The van der Waals surface area contributed by atoms with Crippen molar-refractivity contribution >= 4 is 20.4 Å². The average molecular weight is 168 g/mol. The van der Waals surface area contributed by atoms with E-state index in [1.54, 1.807) is 0 Å². The Kier molecular flexibility index (Phi) is 7.61. The van der Waals surface area contributed by atoms with Gasteiger partial charge in [-0.25, -0.2) is 4.57 Å². The Labute approximate surface area is 48.4 Å². The van der Waals surface area contributed by atoms with E-state index in [-0.39, 0.29) is 0 Å². The summed E-state index contributed by atoms with van der Waals surface area (Å²) in [7, 11) is -4.64. The molecule has 0 radical (unpaired) electrons. The van der Waals surface area contributed by atoms with E-state index in [4.69, 9.17) is 19.2 Å². The number of halogens is 2. The fraction of sp³-hybridized carbons (Fsp3) is 0. The SMILES string of the molecule is FSF.O=P(O)(O)O. The van der Waals surface area contributed by atoms with Crippen LogP contribution in [0.3, 0.4) is 0 Å². The van der Waals surface area contributed by atoms with Crippen LogP contribution in [0.25, 0.3) is 0 Å². The molecule has 0 aliphatic carbocycles. The molecule has 0 atom stereocenters. The van der Waals surface area contributed by atoms with Crippen molar-refractivity contribution < 1.29 is 27.0 Å². The van der Waals surface area contributed by atoms with E-state index in [9.17, 15) is 7.77 Å². The number of phosphoric acid groups is 1. The standard InChI is InChI=1S/F2S.H3O4P/c1-3-2;1-5(2,3)4/h;(H3,1,2,3,4). The molecule has 0 saturated heterocycles. The second-order valence-corrected chi connectivity index (χ2v) is 1.71. The van der Waals surface area contributed by atoms with Crippen LogP contribution < -0.4 is 0 Å². The van der Waals surface area contributed by atoms with Crippen molar-refractivity contribution in [1.29, 1.82) is 0 Å². The third-order valence-corrected chi connectivity index (χ3v) is 0. The fourth-order valence-corrected chi connectivity index (χ4v) is 0. The van der Waals surface area contributed by atoms with Crippen LogP contribution in [0, 0.1) is 0 Å². The maximum atomic E-state index is 9.54. The maximum Gasteiger partial charge on any atom is 0.466 e. The molecule has 0 rings (SSSR count). The Morgan fingerprint density at radius 2 is 1.25 bits per heavy atom. The monoisotopic (exact) mass is 168 g/mol. The third-order valence-electron chi connectivity index (χ3n) is 0. The first-order valence-corrected chi connectivity index (χ1v) is 3.27. The van der Waals surface area contributed by atoms with Crippen molar-refractivity contribution in [2.24, 2.45) is 0 Å². The minimum Gasteiger partial charge on any atom is -0.303 e. The summed E-state index contributed by atoms with van der Waals surface area (Å²) < 4.78 is 28.0. The van der Waals surface area contributed by atoms with Crippen LogP contribution in [0.2, 0.25) is 0 Å². The number of hydrogen-bond donors (Lipinski definition) is 3. The van der Waals surface area contributed by atoms with Gasteiger partial charge in [-0.05, 0) is 0 Å². The quantitative estimate of drug-likeness (QED) is 0.460. The largest absolute Gasteiger partial charge is 0.466 e. The van der Waals surface area contributed by atoms with Gasteiger partial charge in [0.05, 0.1) is 0 Å². The minimum absolute atomic E-state index is 1.25. The summed E-state index contributed by atoms with van der Waals surface area (Å²) in [6.45, 7) is 0. The summed E-state index contributed by atoms with van der Waals surface area (Å²) in [5.74, 6) is 0. The summed E-state index contributed by atoms with van der Waals surface area (Å²) in [6.07, 6.45) is 0. The Morgan fingerprint density at radius 3 is 1.25 bits per heavy atom. The normalized spacial score (nSPS) is 9.62. The highest BCUT2D eigenvalue weighted by molar-refractivity contribution is 7.89. The molecule has 8 heavy (non-hydrogen) atoms. The second-order valence-electron chi connectivity index (χ2n) is 0.572. The van der Waals surface area contributed by atoms with Gasteiger partial charge in [0.2, 0.25) is 0 Å². The van der Waals surface area contributed by atoms with Gasteiger partial charge in [0.1, 0.15) is 0 Å². The van der Waals surface area contributed by atoms with Gasteiger partial charge in [0.25, 0.3) is 12.5 Å². The Balaban J connectivity index is 0. The van der Waals surface area contributed by atoms with Crippen LogP contribution >= 0.6 is 20.4 Å². The smallest absolute Gasteiger partial charge is 0.303 e. The zero-order chi connectivity index (χ0) is 7.21. The maximum absolute atomic E-state index is 9.54. The lowest BCUT2D eigenvalue weighted by molar-refractivity contribution is 0.275. The van der Waals surface area contributed by atoms with E-state index in [1.807, 2.05) is 0 Å². The Morgan fingerprint density at radius 1 is 1.25 bits per heavy atom. The summed E-state index contributed by atoms with van der Waals surface area (Å²) in [6, 6.07) is 0. The van der Waals surface area contributed by atoms with Crippen LogP contribution in [0.5, 0.6) is 0 Å². The van der Waals surface area contributed by atoms with Crippen molar-refractivity contribution in [3.63, 3.8) is 0 Å². The topological polar surface area (TPSA) is 77.8 Å². The lowest BCUT2D eigenvalue weighted by Gasteiger charge is -1.82. The molecule has 0 aromatic carbocycles. The van der Waals surface area contributed by atoms with Crippen molar-refractivity contribution in [3.05, 3.63) is 0 Å². The molecule has 0 heterocycles. The number of rotatable bonds is 0. The van der Waals surface area contributed by atoms with Crippen LogP contribution in [-0.2, 0) is 4.57 Å². The molecule has 0 spiro atoms. The first-order valence-electron chi connectivity index (χ1n) is 1.09. The van der Waals surface area contributed by atoms with Crippen LogP contribution in [0.15, 0.2) is 0 Å². The molecule has 0 bridgehead atoms. The predicted octanol–water partition coefficient (Wildman–Crippen LogP) is 0.560. The third kappa shape index (κ3) is 1750. The summed E-state index contributed by atoms with van der Waals surface area (Å²) in [5, 5.41) is 0. The molecule has 0 aromatic rings. The van der Waals surface area contributed by atoms with E-state index in [1.165, 1.54) is 0 Å². The van der Waals surface area contributed by atoms with Crippen LogP contribution in [-0.4, -0.2) is 14.7 Å². The van der Waals surface area contributed by atoms with Gasteiger partial charge in [-0.15, -0.1) is 7.77 Å². The molecular weight excluding hydrogens is 165 g/mol. The van der Waals surface area contributed by atoms with Crippen LogP contribution in [0.1, 0.15) is 0 Å². The van der Waals surface area contributed by atoms with Gasteiger partial charge < -0.3 is 14.7 Å². The lowest BCUT2D eigenvalue weighted by Crippen LogP contribution is -1.66. The average Bonchev–Trinajstić information content (AvgIpc) is 1.27. The molecule has 0 fully saturated rings. The van der Waals surface area contributed by atoms with Gasteiger partial charge in [-0.2, -0.15) is 0 Å². The molecule has 0 aromatic heterocycles. The molecule has 52 valence electrons.